The van der Waals surface area contributed by atoms with Crippen LogP contribution in [-0.4, -0.2) is 6.61 Å². The topological polar surface area (TPSA) is 36.2 Å². The molecular weight excluding hydrogens is 178 g/mol. The molecule has 14 heavy (non-hydrogen) atoms. The summed E-state index contributed by atoms with van der Waals surface area (Å²) >= 11 is 0. The average molecular weight is 189 g/mol. The Morgan fingerprint density at radius 3 is 2.86 bits per heavy atom. The summed E-state index contributed by atoms with van der Waals surface area (Å²) in [7, 11) is 0. The van der Waals surface area contributed by atoms with Crippen molar-refractivity contribution in [3.05, 3.63) is 41.7 Å². The number of fused-ring (bicyclic) bond motifs is 1. The Labute approximate surface area is 82.1 Å². The van der Waals surface area contributed by atoms with E-state index in [1.54, 1.807) is 12.1 Å². The lowest BCUT2D eigenvalue weighted by atomic mass is 10.2. The first kappa shape index (κ1) is 8.81. The molecule has 2 aromatic rings. The van der Waals surface area contributed by atoms with Crippen LogP contribution in [0.4, 0.5) is 0 Å². The van der Waals surface area contributed by atoms with Crippen molar-refractivity contribution in [1.82, 2.24) is 0 Å². The smallest absolute Gasteiger partial charge is 0.227 e. The number of benzene rings is 1. The van der Waals surface area contributed by atoms with Crippen LogP contribution in [-0.2, 0) is 0 Å². The molecule has 0 saturated carbocycles. The van der Waals surface area contributed by atoms with E-state index in [0.717, 1.165) is 15.9 Å². The normalized spacial score (nSPS) is 10.4. The van der Waals surface area contributed by atoms with E-state index in [0.29, 0.717) is 12.1 Å². The first-order valence-corrected chi connectivity index (χ1v) is 4.56. The molecule has 1 aromatic carbocycles. The van der Waals surface area contributed by atoms with Crippen molar-refractivity contribution < 1.29 is 9.47 Å². The van der Waals surface area contributed by atoms with Gasteiger partial charge in [-0.05, 0) is 13.0 Å². The maximum atomic E-state index is 11.4. The zero-order valence-corrected chi connectivity index (χ0v) is 7.93. The average Bonchev–Trinajstić information content (AvgIpc) is 2.23. The molecule has 0 radical (unpaired) electrons. The molecular formula is C11H11NO2. The summed E-state index contributed by atoms with van der Waals surface area (Å²) in [4.78, 5) is 0. The minimum absolute atomic E-state index is 0.604. The lowest BCUT2D eigenvalue weighted by Gasteiger charge is -2.06. The molecule has 0 aliphatic heterocycles. The lowest BCUT2D eigenvalue weighted by Crippen LogP contribution is -2.25. The molecule has 0 amide bonds. The van der Waals surface area contributed by atoms with Gasteiger partial charge in [0.1, 0.15) is 5.75 Å². The number of para-hydroxylation sites is 1. The van der Waals surface area contributed by atoms with E-state index in [1.165, 1.54) is 6.20 Å². The molecule has 72 valence electrons. The third-order valence-electron chi connectivity index (χ3n) is 2.07. The van der Waals surface area contributed by atoms with Crippen LogP contribution >= 0.6 is 0 Å². The summed E-state index contributed by atoms with van der Waals surface area (Å²) in [6, 6.07) is 9.09. The van der Waals surface area contributed by atoms with E-state index in [2.05, 4.69) is 0 Å². The zero-order valence-electron chi connectivity index (χ0n) is 7.93. The van der Waals surface area contributed by atoms with Crippen molar-refractivity contribution in [2.45, 2.75) is 6.92 Å². The number of pyridine rings is 1. The minimum Gasteiger partial charge on any atom is -0.618 e. The first-order chi connectivity index (χ1) is 6.83. The Morgan fingerprint density at radius 2 is 2.07 bits per heavy atom. The van der Waals surface area contributed by atoms with Crippen LogP contribution < -0.4 is 9.47 Å². The molecule has 0 spiro atoms. The predicted octanol–water partition coefficient (Wildman–Crippen LogP) is 1.87. The molecule has 0 atom stereocenters. The molecule has 0 unspecified atom stereocenters. The molecule has 0 aliphatic rings. The van der Waals surface area contributed by atoms with E-state index in [-0.39, 0.29) is 0 Å². The third kappa shape index (κ3) is 1.37. The second kappa shape index (κ2) is 3.54. The van der Waals surface area contributed by atoms with Crippen LogP contribution in [0.3, 0.4) is 0 Å². The van der Waals surface area contributed by atoms with Gasteiger partial charge >= 0.3 is 0 Å². The zero-order chi connectivity index (χ0) is 9.97. The van der Waals surface area contributed by atoms with E-state index < -0.39 is 0 Å². The van der Waals surface area contributed by atoms with Crippen molar-refractivity contribution in [2.24, 2.45) is 0 Å². The molecule has 2 rings (SSSR count). The first-order valence-electron chi connectivity index (χ1n) is 4.56. The van der Waals surface area contributed by atoms with Crippen LogP contribution in [0.2, 0.25) is 0 Å². The van der Waals surface area contributed by atoms with Gasteiger partial charge in [-0.2, -0.15) is 4.73 Å². The Bertz CT molecular complexity index is 454. The van der Waals surface area contributed by atoms with Crippen molar-refractivity contribution in [2.75, 3.05) is 6.61 Å². The van der Waals surface area contributed by atoms with E-state index in [1.807, 2.05) is 25.1 Å². The Hall–Kier alpha value is -1.77. The van der Waals surface area contributed by atoms with Gasteiger partial charge in [-0.15, -0.1) is 0 Å². The fraction of sp³-hybridized carbons (Fsp3) is 0.182. The molecule has 1 heterocycles. The maximum Gasteiger partial charge on any atom is 0.227 e. The summed E-state index contributed by atoms with van der Waals surface area (Å²) in [5.74, 6) is 0.759. The van der Waals surface area contributed by atoms with Crippen LogP contribution in [0, 0.1) is 5.21 Å². The molecule has 0 N–H and O–H groups in total. The van der Waals surface area contributed by atoms with Gasteiger partial charge in [0.15, 0.2) is 6.20 Å². The highest BCUT2D eigenvalue weighted by molar-refractivity contribution is 5.82. The Kier molecular flexibility index (Phi) is 2.23. The van der Waals surface area contributed by atoms with Crippen LogP contribution in [0.1, 0.15) is 6.92 Å². The Balaban J connectivity index is 2.68. The van der Waals surface area contributed by atoms with E-state index in [4.69, 9.17) is 4.74 Å². The summed E-state index contributed by atoms with van der Waals surface area (Å²) in [6.45, 7) is 2.53. The highest BCUT2D eigenvalue weighted by atomic mass is 16.5. The monoisotopic (exact) mass is 189 g/mol. The van der Waals surface area contributed by atoms with Gasteiger partial charge < -0.3 is 9.94 Å². The highest BCUT2D eigenvalue weighted by Crippen LogP contribution is 2.21. The van der Waals surface area contributed by atoms with Gasteiger partial charge in [-0.25, -0.2) is 0 Å². The van der Waals surface area contributed by atoms with Gasteiger partial charge in [-0.1, -0.05) is 12.1 Å². The van der Waals surface area contributed by atoms with Gasteiger partial charge in [0.25, 0.3) is 0 Å². The van der Waals surface area contributed by atoms with Crippen LogP contribution in [0.5, 0.6) is 5.75 Å². The number of hydrogen-bond donors (Lipinski definition) is 0. The summed E-state index contributed by atoms with van der Waals surface area (Å²) in [5, 5.41) is 12.2. The fourth-order valence-corrected chi connectivity index (χ4v) is 1.46. The summed E-state index contributed by atoms with van der Waals surface area (Å²) < 4.78 is 6.27. The predicted molar refractivity (Wildman–Crippen MR) is 54.1 cm³/mol. The van der Waals surface area contributed by atoms with E-state index >= 15 is 0 Å². The number of hydrogen-bond acceptors (Lipinski definition) is 2. The number of ether oxygens (including phenoxy) is 1. The fourth-order valence-electron chi connectivity index (χ4n) is 1.46. The number of rotatable bonds is 2. The molecule has 0 fully saturated rings. The van der Waals surface area contributed by atoms with Crippen molar-refractivity contribution in [1.29, 1.82) is 0 Å². The minimum atomic E-state index is 0.604. The van der Waals surface area contributed by atoms with Crippen molar-refractivity contribution in [3.8, 4) is 5.75 Å². The second-order valence-corrected chi connectivity index (χ2v) is 2.96. The van der Waals surface area contributed by atoms with Crippen LogP contribution in [0.25, 0.3) is 10.9 Å². The van der Waals surface area contributed by atoms with Gasteiger partial charge in [0.05, 0.1) is 12.0 Å². The highest BCUT2D eigenvalue weighted by Gasteiger charge is 2.07. The van der Waals surface area contributed by atoms with E-state index in [9.17, 15) is 5.21 Å². The molecule has 3 nitrogen and oxygen atoms in total. The molecule has 3 heteroatoms. The number of aromatic nitrogens is 1. The van der Waals surface area contributed by atoms with Gasteiger partial charge in [0.2, 0.25) is 5.52 Å². The maximum absolute atomic E-state index is 11.4. The standard InChI is InChI=1S/C11H11NO2/c1-2-14-11-7-8-12(13)10-6-4-3-5-9(10)11/h3-8H,2H2,1H3. The largest absolute Gasteiger partial charge is 0.618 e. The summed E-state index contributed by atoms with van der Waals surface area (Å²) in [5.41, 5.74) is 0.637. The van der Waals surface area contributed by atoms with Crippen molar-refractivity contribution >= 4 is 10.9 Å². The molecule has 1 aromatic heterocycles. The number of nitrogens with zero attached hydrogens (tertiary/aromatic N) is 1. The van der Waals surface area contributed by atoms with Crippen molar-refractivity contribution in [3.63, 3.8) is 0 Å². The molecule has 0 aliphatic carbocycles. The molecule has 0 bridgehead atoms. The summed E-state index contributed by atoms with van der Waals surface area (Å²) in [6.07, 6.45) is 1.47. The van der Waals surface area contributed by atoms with Gasteiger partial charge in [0, 0.05) is 12.1 Å². The quantitative estimate of drug-likeness (QED) is 0.534. The van der Waals surface area contributed by atoms with Crippen LogP contribution in [0.15, 0.2) is 36.5 Å². The molecule has 0 saturated heterocycles. The third-order valence-corrected chi connectivity index (χ3v) is 2.07. The Morgan fingerprint density at radius 1 is 1.29 bits per heavy atom. The second-order valence-electron chi connectivity index (χ2n) is 2.96. The lowest BCUT2D eigenvalue weighted by molar-refractivity contribution is -0.577. The van der Waals surface area contributed by atoms with Gasteiger partial charge in [-0.3, -0.25) is 0 Å². The SMILES string of the molecule is CCOc1cc[n+]([O-])c2ccccc12.